The van der Waals surface area contributed by atoms with Gasteiger partial charge in [-0.2, -0.15) is 0 Å². The molecule has 1 atom stereocenters. The number of hydrogen-bond acceptors (Lipinski definition) is 4. The molecule has 16 heavy (non-hydrogen) atoms. The molecule has 4 nitrogen and oxygen atoms in total. The van der Waals surface area contributed by atoms with Gasteiger partial charge in [0, 0.05) is 25.8 Å². The molecule has 2 heterocycles. The Labute approximate surface area is 95.6 Å². The van der Waals surface area contributed by atoms with Crippen LogP contribution in [0.1, 0.15) is 30.5 Å². The topological polar surface area (TPSA) is 54.6 Å². The number of aryl methyl sites for hydroxylation is 1. The van der Waals surface area contributed by atoms with Crippen molar-refractivity contribution in [2.24, 2.45) is 0 Å². The fraction of sp³-hybridized carbons (Fsp3) is 0.667. The molecule has 0 aliphatic carbocycles. The van der Waals surface area contributed by atoms with Crippen molar-refractivity contribution in [3.05, 3.63) is 23.7 Å². The van der Waals surface area contributed by atoms with Crippen LogP contribution in [0.15, 0.2) is 16.5 Å². The van der Waals surface area contributed by atoms with Crippen molar-refractivity contribution in [3.63, 3.8) is 0 Å². The van der Waals surface area contributed by atoms with E-state index in [0.717, 1.165) is 31.8 Å². The minimum Gasteiger partial charge on any atom is -0.464 e. The standard InChI is InChI=1S/C12H19NO3/c1-9-2-3-12(16-9)11(14)8-13-10-4-6-15-7-5-10/h2-3,10-11,13-14H,4-8H2,1H3. The molecule has 2 N–H and O–H groups in total. The zero-order valence-electron chi connectivity index (χ0n) is 9.61. The van der Waals surface area contributed by atoms with Gasteiger partial charge in [-0.15, -0.1) is 0 Å². The zero-order valence-corrected chi connectivity index (χ0v) is 9.61. The van der Waals surface area contributed by atoms with Crippen LogP contribution in [0, 0.1) is 6.92 Å². The average Bonchev–Trinajstić information content (AvgIpc) is 2.74. The molecule has 1 aliphatic heterocycles. The third-order valence-corrected chi connectivity index (χ3v) is 2.91. The van der Waals surface area contributed by atoms with Gasteiger partial charge in [0.15, 0.2) is 0 Å². The van der Waals surface area contributed by atoms with Crippen molar-refractivity contribution in [1.82, 2.24) is 5.32 Å². The number of ether oxygens (including phenoxy) is 1. The SMILES string of the molecule is Cc1ccc(C(O)CNC2CCOCC2)o1. The van der Waals surface area contributed by atoms with Gasteiger partial charge in [-0.25, -0.2) is 0 Å². The highest BCUT2D eigenvalue weighted by Gasteiger charge is 2.16. The minimum absolute atomic E-state index is 0.458. The van der Waals surface area contributed by atoms with Crippen LogP contribution in [-0.4, -0.2) is 30.9 Å². The summed E-state index contributed by atoms with van der Waals surface area (Å²) in [4.78, 5) is 0. The Kier molecular flexibility index (Phi) is 3.98. The van der Waals surface area contributed by atoms with Crippen LogP contribution < -0.4 is 5.32 Å². The number of hydrogen-bond donors (Lipinski definition) is 2. The van der Waals surface area contributed by atoms with E-state index in [2.05, 4.69) is 5.32 Å². The van der Waals surface area contributed by atoms with E-state index in [4.69, 9.17) is 9.15 Å². The average molecular weight is 225 g/mol. The van der Waals surface area contributed by atoms with Gasteiger partial charge < -0.3 is 19.6 Å². The summed E-state index contributed by atoms with van der Waals surface area (Å²) in [5.74, 6) is 1.47. The van der Waals surface area contributed by atoms with Crippen LogP contribution in [0.2, 0.25) is 0 Å². The molecule has 2 rings (SSSR count). The predicted octanol–water partition coefficient (Wildman–Crippen LogP) is 1.39. The Balaban J connectivity index is 1.76. The van der Waals surface area contributed by atoms with Crippen LogP contribution >= 0.6 is 0 Å². The lowest BCUT2D eigenvalue weighted by Crippen LogP contribution is -2.37. The molecule has 90 valence electrons. The molecule has 1 aromatic heterocycles. The summed E-state index contributed by atoms with van der Waals surface area (Å²) in [6, 6.07) is 4.15. The molecule has 0 aromatic carbocycles. The van der Waals surface area contributed by atoms with Crippen LogP contribution in [0.4, 0.5) is 0 Å². The number of aliphatic hydroxyl groups is 1. The molecule has 4 heteroatoms. The van der Waals surface area contributed by atoms with E-state index >= 15 is 0 Å². The summed E-state index contributed by atoms with van der Waals surface area (Å²) in [6.45, 7) is 4.04. The highest BCUT2D eigenvalue weighted by Crippen LogP contribution is 2.16. The van der Waals surface area contributed by atoms with Gasteiger partial charge in [-0.1, -0.05) is 0 Å². The predicted molar refractivity (Wildman–Crippen MR) is 60.2 cm³/mol. The van der Waals surface area contributed by atoms with Crippen LogP contribution in [-0.2, 0) is 4.74 Å². The smallest absolute Gasteiger partial charge is 0.133 e. The second kappa shape index (κ2) is 5.48. The Hall–Kier alpha value is -0.840. The normalized spacial score (nSPS) is 19.9. The molecule has 0 radical (unpaired) electrons. The largest absolute Gasteiger partial charge is 0.464 e. The molecule has 1 aliphatic rings. The van der Waals surface area contributed by atoms with Gasteiger partial charge >= 0.3 is 0 Å². The maximum Gasteiger partial charge on any atom is 0.133 e. The van der Waals surface area contributed by atoms with Crippen molar-refractivity contribution in [2.45, 2.75) is 31.9 Å². The van der Waals surface area contributed by atoms with Gasteiger partial charge in [0.25, 0.3) is 0 Å². The monoisotopic (exact) mass is 225 g/mol. The molecule has 1 unspecified atom stereocenters. The maximum absolute atomic E-state index is 9.88. The zero-order chi connectivity index (χ0) is 11.4. The summed E-state index contributed by atoms with van der Waals surface area (Å²) < 4.78 is 10.6. The second-order valence-electron chi connectivity index (χ2n) is 4.26. The molecule has 0 saturated carbocycles. The maximum atomic E-state index is 9.88. The van der Waals surface area contributed by atoms with Crippen LogP contribution in [0.25, 0.3) is 0 Å². The Morgan fingerprint density at radius 1 is 1.44 bits per heavy atom. The highest BCUT2D eigenvalue weighted by molar-refractivity contribution is 5.08. The number of furan rings is 1. The summed E-state index contributed by atoms with van der Waals surface area (Å²) >= 11 is 0. The Morgan fingerprint density at radius 2 is 2.19 bits per heavy atom. The first kappa shape index (κ1) is 11.6. The molecular weight excluding hydrogens is 206 g/mol. The lowest BCUT2D eigenvalue weighted by Gasteiger charge is -2.24. The van der Waals surface area contributed by atoms with Gasteiger partial charge in [-0.05, 0) is 31.9 Å². The van der Waals surface area contributed by atoms with Gasteiger partial charge in [0.2, 0.25) is 0 Å². The summed E-state index contributed by atoms with van der Waals surface area (Å²) in [5.41, 5.74) is 0. The molecule has 0 spiro atoms. The molecule has 0 bridgehead atoms. The summed E-state index contributed by atoms with van der Waals surface area (Å²) in [5, 5.41) is 13.2. The lowest BCUT2D eigenvalue weighted by molar-refractivity contribution is 0.0704. The molecular formula is C12H19NO3. The fourth-order valence-corrected chi connectivity index (χ4v) is 1.91. The first-order chi connectivity index (χ1) is 7.75. The van der Waals surface area contributed by atoms with Crippen molar-refractivity contribution >= 4 is 0 Å². The molecule has 1 fully saturated rings. The van der Waals surface area contributed by atoms with Crippen molar-refractivity contribution in [2.75, 3.05) is 19.8 Å². The highest BCUT2D eigenvalue weighted by atomic mass is 16.5. The molecule has 1 aromatic rings. The molecule has 0 amide bonds. The van der Waals surface area contributed by atoms with Gasteiger partial charge in [0.05, 0.1) is 0 Å². The number of nitrogens with one attached hydrogen (secondary N) is 1. The van der Waals surface area contributed by atoms with E-state index in [1.165, 1.54) is 0 Å². The van der Waals surface area contributed by atoms with Crippen LogP contribution in [0.5, 0.6) is 0 Å². The van der Waals surface area contributed by atoms with E-state index in [1.54, 1.807) is 0 Å². The van der Waals surface area contributed by atoms with E-state index in [0.29, 0.717) is 18.3 Å². The van der Waals surface area contributed by atoms with E-state index in [1.807, 2.05) is 19.1 Å². The Morgan fingerprint density at radius 3 is 2.81 bits per heavy atom. The number of aliphatic hydroxyl groups excluding tert-OH is 1. The van der Waals surface area contributed by atoms with Crippen molar-refractivity contribution < 1.29 is 14.3 Å². The third-order valence-electron chi connectivity index (χ3n) is 2.91. The fourth-order valence-electron chi connectivity index (χ4n) is 1.91. The second-order valence-corrected chi connectivity index (χ2v) is 4.26. The van der Waals surface area contributed by atoms with Crippen molar-refractivity contribution in [1.29, 1.82) is 0 Å². The third kappa shape index (κ3) is 3.07. The summed E-state index contributed by atoms with van der Waals surface area (Å²) in [6.07, 6.45) is 1.48. The quantitative estimate of drug-likeness (QED) is 0.813. The lowest BCUT2D eigenvalue weighted by atomic mass is 10.1. The molecule has 1 saturated heterocycles. The van der Waals surface area contributed by atoms with E-state index in [9.17, 15) is 5.11 Å². The van der Waals surface area contributed by atoms with E-state index < -0.39 is 6.10 Å². The van der Waals surface area contributed by atoms with Crippen molar-refractivity contribution in [3.8, 4) is 0 Å². The number of rotatable bonds is 4. The first-order valence-electron chi connectivity index (χ1n) is 5.81. The summed E-state index contributed by atoms with van der Waals surface area (Å²) in [7, 11) is 0. The minimum atomic E-state index is -0.559. The van der Waals surface area contributed by atoms with Gasteiger partial charge in [0.1, 0.15) is 17.6 Å². The van der Waals surface area contributed by atoms with Gasteiger partial charge in [-0.3, -0.25) is 0 Å². The first-order valence-corrected chi connectivity index (χ1v) is 5.81. The Bertz CT molecular complexity index is 318. The van der Waals surface area contributed by atoms with E-state index in [-0.39, 0.29) is 0 Å². The van der Waals surface area contributed by atoms with Crippen LogP contribution in [0.3, 0.4) is 0 Å².